The lowest BCUT2D eigenvalue weighted by Gasteiger charge is -2.45. The Labute approximate surface area is 198 Å². The molecule has 0 rings (SSSR count). The molecule has 38 heavy (non-hydrogen) atoms. The van der Waals surface area contributed by atoms with Crippen molar-refractivity contribution in [3.05, 3.63) is 12.7 Å². The smallest absolute Gasteiger partial charge is 0.438 e. The van der Waals surface area contributed by atoms with E-state index >= 15 is 0 Å². The van der Waals surface area contributed by atoms with E-state index in [-0.39, 0.29) is 0 Å². The average Bonchev–Trinajstić information content (AvgIpc) is 2.69. The van der Waals surface area contributed by atoms with Gasteiger partial charge in [-0.1, -0.05) is 13.5 Å². The van der Waals surface area contributed by atoms with Crippen molar-refractivity contribution in [1.82, 2.24) is 0 Å². The Morgan fingerprint density at radius 3 is 1.34 bits per heavy atom. The zero-order chi connectivity index (χ0) is 31.2. The molecule has 0 saturated carbocycles. The third kappa shape index (κ3) is 5.33. The van der Waals surface area contributed by atoms with Crippen molar-refractivity contribution in [2.45, 2.75) is 73.3 Å². The standard InChI is InChI=1S/C17H13F19O2/c1-3-8(37)38-5-4-7(2)6-9(18,19)11(21,22)13(25,26)15(29,30)14(27,28)12(23,24)10(20,16(31,32)33)17(34,35)36/h3,7H,1,4-6H2,2H3. The number of alkyl halides is 19. The van der Waals surface area contributed by atoms with Gasteiger partial charge in [0.15, 0.2) is 0 Å². The van der Waals surface area contributed by atoms with Crippen molar-refractivity contribution in [1.29, 1.82) is 0 Å². The van der Waals surface area contributed by atoms with Crippen LogP contribution in [0.2, 0.25) is 0 Å². The monoisotopic (exact) mass is 610 g/mol. The van der Waals surface area contributed by atoms with Gasteiger partial charge in [-0.15, -0.1) is 0 Å². The maximum absolute atomic E-state index is 13.9. The fraction of sp³-hybridized carbons (Fsp3) is 0.824. The number of ether oxygens (including phenoxy) is 1. The number of carbonyl (C=O) groups excluding carboxylic acids is 1. The molecule has 0 aromatic heterocycles. The van der Waals surface area contributed by atoms with Gasteiger partial charge in [0, 0.05) is 12.5 Å². The van der Waals surface area contributed by atoms with Gasteiger partial charge in [0.05, 0.1) is 6.61 Å². The minimum absolute atomic E-state index is 0.481. The molecular formula is C17H13F19O2. The molecule has 0 aliphatic heterocycles. The molecule has 0 fully saturated rings. The number of rotatable bonds is 12. The number of hydrogen-bond donors (Lipinski definition) is 0. The summed E-state index contributed by atoms with van der Waals surface area (Å²) < 4.78 is 257. The Balaban J connectivity index is 6.60. The molecule has 0 aliphatic rings. The van der Waals surface area contributed by atoms with Crippen molar-refractivity contribution >= 4 is 5.97 Å². The lowest BCUT2D eigenvalue weighted by Crippen LogP contribution is -2.77. The van der Waals surface area contributed by atoms with Crippen LogP contribution >= 0.6 is 0 Å². The SMILES string of the molecule is C=CC(=O)OCCC(C)CC(F)(F)C(F)(F)C(F)(F)C(F)(F)C(F)(F)C(F)(F)C(F)(C(F)(F)F)C(F)(F)F. The largest absolute Gasteiger partial charge is 0.463 e. The van der Waals surface area contributed by atoms with Crippen LogP contribution in [0.1, 0.15) is 19.8 Å². The summed E-state index contributed by atoms with van der Waals surface area (Å²) in [6.07, 6.45) is -19.7. The fourth-order valence-electron chi connectivity index (χ4n) is 2.64. The third-order valence-electron chi connectivity index (χ3n) is 4.88. The molecule has 2 nitrogen and oxygen atoms in total. The maximum atomic E-state index is 13.9. The second-order valence-corrected chi connectivity index (χ2v) is 7.70. The van der Waals surface area contributed by atoms with Crippen molar-refractivity contribution < 1.29 is 92.9 Å². The van der Waals surface area contributed by atoms with Crippen LogP contribution in [0.25, 0.3) is 0 Å². The van der Waals surface area contributed by atoms with Gasteiger partial charge in [0.2, 0.25) is 0 Å². The van der Waals surface area contributed by atoms with Gasteiger partial charge < -0.3 is 4.74 Å². The second kappa shape index (κ2) is 10.1. The third-order valence-corrected chi connectivity index (χ3v) is 4.88. The highest BCUT2D eigenvalue weighted by molar-refractivity contribution is 5.81. The lowest BCUT2D eigenvalue weighted by molar-refractivity contribution is -0.472. The Morgan fingerprint density at radius 1 is 0.658 bits per heavy atom. The second-order valence-electron chi connectivity index (χ2n) is 7.70. The van der Waals surface area contributed by atoms with E-state index in [1.165, 1.54) is 0 Å². The number of carbonyl (C=O) groups is 1. The van der Waals surface area contributed by atoms with E-state index in [0.29, 0.717) is 13.0 Å². The molecule has 0 amide bonds. The first-order valence-electron chi connectivity index (χ1n) is 9.23. The summed E-state index contributed by atoms with van der Waals surface area (Å²) in [5.74, 6) is -53.3. The highest BCUT2D eigenvalue weighted by Crippen LogP contribution is 2.66. The summed E-state index contributed by atoms with van der Waals surface area (Å²) in [5.41, 5.74) is -8.76. The summed E-state index contributed by atoms with van der Waals surface area (Å²) >= 11 is 0. The summed E-state index contributed by atoms with van der Waals surface area (Å²) in [6.45, 7) is 2.42. The van der Waals surface area contributed by atoms with Gasteiger partial charge in [0.1, 0.15) is 0 Å². The highest BCUT2D eigenvalue weighted by Gasteiger charge is 2.98. The van der Waals surface area contributed by atoms with Crippen molar-refractivity contribution in [3.63, 3.8) is 0 Å². The summed E-state index contributed by atoms with van der Waals surface area (Å²) in [6, 6.07) is 0. The Morgan fingerprint density at radius 2 is 1.00 bits per heavy atom. The van der Waals surface area contributed by atoms with Gasteiger partial charge in [-0.25, -0.2) is 9.18 Å². The van der Waals surface area contributed by atoms with Crippen LogP contribution < -0.4 is 0 Å². The molecule has 1 unspecified atom stereocenters. The van der Waals surface area contributed by atoms with E-state index in [1.54, 1.807) is 0 Å². The fourth-order valence-corrected chi connectivity index (χ4v) is 2.64. The molecule has 1 atom stereocenters. The summed E-state index contributed by atoms with van der Waals surface area (Å²) in [7, 11) is 0. The van der Waals surface area contributed by atoms with E-state index in [2.05, 4.69) is 11.3 Å². The van der Waals surface area contributed by atoms with Crippen LogP contribution in [-0.4, -0.2) is 66.1 Å². The first-order valence-corrected chi connectivity index (χ1v) is 9.23. The van der Waals surface area contributed by atoms with E-state index in [9.17, 15) is 88.2 Å². The molecule has 0 aliphatic carbocycles. The van der Waals surface area contributed by atoms with Crippen LogP contribution in [0.3, 0.4) is 0 Å². The van der Waals surface area contributed by atoms with Gasteiger partial charge in [-0.05, 0) is 12.3 Å². The predicted octanol–water partition coefficient (Wildman–Crippen LogP) is 7.78. The van der Waals surface area contributed by atoms with E-state index < -0.39 is 84.9 Å². The van der Waals surface area contributed by atoms with Crippen LogP contribution in [0.5, 0.6) is 0 Å². The normalized spacial score (nSPS) is 16.3. The van der Waals surface area contributed by atoms with Gasteiger partial charge in [-0.3, -0.25) is 0 Å². The highest BCUT2D eigenvalue weighted by atomic mass is 19.4. The Kier molecular flexibility index (Phi) is 9.56. The van der Waals surface area contributed by atoms with E-state index in [0.717, 1.165) is 0 Å². The molecule has 21 heteroatoms. The Bertz CT molecular complexity index is 840. The molecule has 0 aromatic carbocycles. The predicted molar refractivity (Wildman–Crippen MR) is 85.2 cm³/mol. The van der Waals surface area contributed by atoms with Crippen molar-refractivity contribution in [2.75, 3.05) is 6.61 Å². The molecule has 0 bridgehead atoms. The van der Waals surface area contributed by atoms with E-state index in [4.69, 9.17) is 0 Å². The van der Waals surface area contributed by atoms with E-state index in [1.807, 2.05) is 0 Å². The minimum atomic E-state index is -9.03. The van der Waals surface area contributed by atoms with Gasteiger partial charge in [0.25, 0.3) is 0 Å². The molecule has 226 valence electrons. The average molecular weight is 610 g/mol. The number of hydrogen-bond acceptors (Lipinski definition) is 2. The molecule has 0 saturated heterocycles. The van der Waals surface area contributed by atoms with Gasteiger partial charge in [-0.2, -0.15) is 79.0 Å². The van der Waals surface area contributed by atoms with Crippen molar-refractivity contribution in [3.8, 4) is 0 Å². The quantitative estimate of drug-likeness (QED) is 0.128. The van der Waals surface area contributed by atoms with Crippen LogP contribution in [0, 0.1) is 5.92 Å². The topological polar surface area (TPSA) is 26.3 Å². The van der Waals surface area contributed by atoms with Gasteiger partial charge >= 0.3 is 59.5 Å². The molecule has 0 heterocycles. The molecule has 0 aromatic rings. The summed E-state index contributed by atoms with van der Waals surface area (Å²) in [4.78, 5) is 10.8. The number of halogens is 19. The molecular weight excluding hydrogens is 597 g/mol. The van der Waals surface area contributed by atoms with Crippen LogP contribution in [0.4, 0.5) is 83.4 Å². The zero-order valence-electron chi connectivity index (χ0n) is 18.0. The minimum Gasteiger partial charge on any atom is -0.463 e. The molecule has 0 N–H and O–H groups in total. The van der Waals surface area contributed by atoms with Crippen molar-refractivity contribution in [2.24, 2.45) is 5.92 Å². The first kappa shape index (κ1) is 35.9. The molecule has 0 radical (unpaired) electrons. The number of esters is 1. The van der Waals surface area contributed by atoms with Crippen LogP contribution in [-0.2, 0) is 9.53 Å². The molecule has 0 spiro atoms. The lowest BCUT2D eigenvalue weighted by atomic mass is 9.82. The Hall–Kier alpha value is -2.12. The zero-order valence-corrected chi connectivity index (χ0v) is 18.0. The first-order chi connectivity index (χ1) is 16.3. The summed E-state index contributed by atoms with van der Waals surface area (Å²) in [5, 5.41) is 0. The maximum Gasteiger partial charge on any atom is 0.438 e. The van der Waals surface area contributed by atoms with Crippen LogP contribution in [0.15, 0.2) is 12.7 Å².